The molecule has 0 atom stereocenters. The van der Waals surface area contributed by atoms with E-state index in [0.29, 0.717) is 0 Å². The van der Waals surface area contributed by atoms with Crippen LogP contribution in [0.4, 0.5) is 62.6 Å². The maximum atomic E-state index is 5.78. The van der Waals surface area contributed by atoms with Gasteiger partial charge in [-0.15, -0.1) is 0 Å². The van der Waals surface area contributed by atoms with Gasteiger partial charge >= 0.3 is 0 Å². The van der Waals surface area contributed by atoms with Crippen molar-refractivity contribution in [1.29, 1.82) is 0 Å². The predicted octanol–water partition coefficient (Wildman–Crippen LogP) is 10.6. The highest BCUT2D eigenvalue weighted by Gasteiger charge is 2.10. The van der Waals surface area contributed by atoms with Crippen molar-refractivity contribution in [2.45, 2.75) is 12.1 Å². The lowest BCUT2D eigenvalue weighted by atomic mass is 10.1. The van der Waals surface area contributed by atoms with Gasteiger partial charge in [0, 0.05) is 62.6 Å². The van der Waals surface area contributed by atoms with Crippen molar-refractivity contribution in [1.82, 2.24) is 0 Å². The fourth-order valence-corrected chi connectivity index (χ4v) is 5.51. The summed E-state index contributed by atoms with van der Waals surface area (Å²) in [4.78, 5) is 0. The molecule has 0 amide bonds. The molecule has 0 aromatic heterocycles. The second kappa shape index (κ2) is 14.9. The molecule has 7 nitrogen and oxygen atoms in total. The molecule has 7 rings (SSSR count). The smallest absolute Gasteiger partial charge is 0.0630 e. The summed E-state index contributed by atoms with van der Waals surface area (Å²) in [6.45, 7) is 0. The average molecular weight is 642 g/mol. The van der Waals surface area contributed by atoms with E-state index in [0.717, 1.165) is 62.6 Å². The van der Waals surface area contributed by atoms with Crippen LogP contribution in [0.15, 0.2) is 176 Å². The Labute approximate surface area is 287 Å². The SMILES string of the molecule is Nc1ccc(Nc2ccc(NC3C=CC(Nc4ccc(Nc5ccc(Nc6ccc(Nc7ccccc7)cc6)cc5)cc4)C=C3)cc2)cc1. The standard InChI is InChI=1S/C42H39N7/c43-30-6-8-32(9-7-30)45-34-14-16-36(17-15-34)47-38-22-24-40(25-23-38)49-42-28-26-41(27-29-42)48-39-20-18-37(19-21-39)46-35-12-10-33(11-13-35)44-31-4-2-1-3-5-31/h1-29,38,40,44-49H,43H2. The molecule has 242 valence electrons. The minimum Gasteiger partial charge on any atom is -0.399 e. The third-order valence-electron chi connectivity index (χ3n) is 8.10. The van der Waals surface area contributed by atoms with Gasteiger partial charge in [-0.25, -0.2) is 0 Å². The molecule has 0 saturated heterocycles. The Morgan fingerprint density at radius 3 is 0.837 bits per heavy atom. The summed E-state index contributed by atoms with van der Waals surface area (Å²) in [6, 6.07) is 51.4. The first-order chi connectivity index (χ1) is 24.1. The third-order valence-corrected chi connectivity index (χ3v) is 8.10. The van der Waals surface area contributed by atoms with Crippen LogP contribution in [-0.2, 0) is 0 Å². The first-order valence-corrected chi connectivity index (χ1v) is 16.4. The van der Waals surface area contributed by atoms with Gasteiger partial charge in [0.1, 0.15) is 0 Å². The summed E-state index contributed by atoms with van der Waals surface area (Å²) in [7, 11) is 0. The first kappa shape index (κ1) is 31.0. The Kier molecular flexibility index (Phi) is 9.42. The molecule has 0 aliphatic heterocycles. The number of hydrogen-bond acceptors (Lipinski definition) is 7. The van der Waals surface area contributed by atoms with Crippen LogP contribution >= 0.6 is 0 Å². The molecule has 0 fully saturated rings. The van der Waals surface area contributed by atoms with Gasteiger partial charge < -0.3 is 37.6 Å². The minimum absolute atomic E-state index is 0.125. The van der Waals surface area contributed by atoms with Crippen LogP contribution in [0.25, 0.3) is 0 Å². The normalized spacial score (nSPS) is 14.9. The Morgan fingerprint density at radius 2 is 0.531 bits per heavy atom. The zero-order chi connectivity index (χ0) is 33.3. The fraction of sp³-hybridized carbons (Fsp3) is 0.0476. The number of nitrogens with one attached hydrogen (secondary N) is 6. The summed E-state index contributed by atoms with van der Waals surface area (Å²) in [6.07, 6.45) is 8.74. The Hall–Kier alpha value is -6.60. The molecule has 0 unspecified atom stereocenters. The number of nitrogen functional groups attached to an aromatic ring is 1. The summed E-state index contributed by atoms with van der Waals surface area (Å²) >= 11 is 0. The largest absolute Gasteiger partial charge is 0.399 e. The van der Waals surface area contributed by atoms with Crippen molar-refractivity contribution in [3.8, 4) is 0 Å². The van der Waals surface area contributed by atoms with Crippen LogP contribution in [0.5, 0.6) is 0 Å². The fourth-order valence-electron chi connectivity index (χ4n) is 5.51. The molecule has 0 heterocycles. The zero-order valence-electron chi connectivity index (χ0n) is 27.0. The van der Waals surface area contributed by atoms with E-state index in [4.69, 9.17) is 5.73 Å². The molecule has 49 heavy (non-hydrogen) atoms. The highest BCUT2D eigenvalue weighted by Crippen LogP contribution is 2.26. The van der Waals surface area contributed by atoms with Gasteiger partial charge in [0.05, 0.1) is 12.1 Å². The van der Waals surface area contributed by atoms with E-state index in [1.54, 1.807) is 0 Å². The van der Waals surface area contributed by atoms with Crippen molar-refractivity contribution in [2.24, 2.45) is 0 Å². The lowest BCUT2D eigenvalue weighted by Crippen LogP contribution is -2.22. The minimum atomic E-state index is 0.125. The number of para-hydroxylation sites is 1. The number of nitrogens with two attached hydrogens (primary N) is 1. The van der Waals surface area contributed by atoms with E-state index in [1.165, 1.54) is 0 Å². The van der Waals surface area contributed by atoms with E-state index >= 15 is 0 Å². The molecule has 0 bridgehead atoms. The number of rotatable bonds is 12. The van der Waals surface area contributed by atoms with Crippen LogP contribution in [0.3, 0.4) is 0 Å². The van der Waals surface area contributed by atoms with Gasteiger partial charge in [-0.1, -0.05) is 42.5 Å². The van der Waals surface area contributed by atoms with E-state index in [1.807, 2.05) is 42.5 Å². The predicted molar refractivity (Wildman–Crippen MR) is 209 cm³/mol. The van der Waals surface area contributed by atoms with Gasteiger partial charge in [-0.3, -0.25) is 0 Å². The molecular weight excluding hydrogens is 603 g/mol. The van der Waals surface area contributed by atoms with E-state index in [9.17, 15) is 0 Å². The Bertz CT molecular complexity index is 1970. The first-order valence-electron chi connectivity index (χ1n) is 16.4. The van der Waals surface area contributed by atoms with Gasteiger partial charge in [-0.2, -0.15) is 0 Å². The highest BCUT2D eigenvalue weighted by molar-refractivity contribution is 5.69. The number of hydrogen-bond donors (Lipinski definition) is 7. The molecule has 1 aliphatic carbocycles. The highest BCUT2D eigenvalue weighted by atomic mass is 14.9. The van der Waals surface area contributed by atoms with Crippen LogP contribution in [0, 0.1) is 0 Å². The van der Waals surface area contributed by atoms with Crippen molar-refractivity contribution < 1.29 is 0 Å². The third kappa shape index (κ3) is 8.81. The zero-order valence-corrected chi connectivity index (χ0v) is 27.0. The molecule has 8 N–H and O–H groups in total. The molecular formula is C42H39N7. The molecule has 0 spiro atoms. The van der Waals surface area contributed by atoms with Crippen molar-refractivity contribution in [3.05, 3.63) is 176 Å². The van der Waals surface area contributed by atoms with Crippen LogP contribution in [-0.4, -0.2) is 12.1 Å². The van der Waals surface area contributed by atoms with E-state index in [2.05, 4.69) is 165 Å². The average Bonchev–Trinajstić information content (AvgIpc) is 3.14. The van der Waals surface area contributed by atoms with Crippen LogP contribution in [0.1, 0.15) is 0 Å². The van der Waals surface area contributed by atoms with Crippen molar-refractivity contribution >= 4 is 62.6 Å². The van der Waals surface area contributed by atoms with E-state index in [-0.39, 0.29) is 12.1 Å². The number of anilines is 11. The molecule has 0 saturated carbocycles. The molecule has 0 radical (unpaired) electrons. The lowest BCUT2D eigenvalue weighted by Gasteiger charge is -2.21. The Balaban J connectivity index is 0.849. The summed E-state index contributed by atoms with van der Waals surface area (Å²) < 4.78 is 0. The molecule has 6 aromatic rings. The topological polar surface area (TPSA) is 98.2 Å². The van der Waals surface area contributed by atoms with Crippen LogP contribution < -0.4 is 37.6 Å². The van der Waals surface area contributed by atoms with Gasteiger partial charge in [0.15, 0.2) is 0 Å². The summed E-state index contributed by atoms with van der Waals surface area (Å²) in [5.74, 6) is 0. The van der Waals surface area contributed by atoms with Gasteiger partial charge in [0.2, 0.25) is 0 Å². The van der Waals surface area contributed by atoms with Crippen LogP contribution in [0.2, 0.25) is 0 Å². The quantitative estimate of drug-likeness (QED) is 0.0528. The van der Waals surface area contributed by atoms with Crippen molar-refractivity contribution in [3.63, 3.8) is 0 Å². The second-order valence-corrected chi connectivity index (χ2v) is 11.9. The maximum Gasteiger partial charge on any atom is 0.0630 e. The van der Waals surface area contributed by atoms with E-state index < -0.39 is 0 Å². The summed E-state index contributed by atoms with van der Waals surface area (Å²) in [5, 5.41) is 20.9. The molecule has 1 aliphatic rings. The Morgan fingerprint density at radius 1 is 0.286 bits per heavy atom. The summed E-state index contributed by atoms with van der Waals surface area (Å²) in [5.41, 5.74) is 16.9. The van der Waals surface area contributed by atoms with Gasteiger partial charge in [0.25, 0.3) is 0 Å². The lowest BCUT2D eigenvalue weighted by molar-refractivity contribution is 0.997. The molecule has 7 heteroatoms. The maximum absolute atomic E-state index is 5.78. The second-order valence-electron chi connectivity index (χ2n) is 11.9. The monoisotopic (exact) mass is 641 g/mol. The van der Waals surface area contributed by atoms with Gasteiger partial charge in [-0.05, 0) is 133 Å². The molecule has 6 aromatic carbocycles. The van der Waals surface area contributed by atoms with Crippen molar-refractivity contribution in [2.75, 3.05) is 37.6 Å². The number of benzene rings is 6.